The SMILES string of the molecule is CCc1[nH]nc2nc(-c3cc(CC(=O)OC(C)(C)C)cnc3C)ccc12.CCc1[nH]nc2nc(-c3cc(N)cnc3C)ccc12. The number of aromatic amines is 2. The van der Waals surface area contributed by atoms with E-state index in [4.69, 9.17) is 10.5 Å². The van der Waals surface area contributed by atoms with E-state index in [0.717, 1.165) is 80.1 Å². The van der Waals surface area contributed by atoms with Crippen LogP contribution in [0.15, 0.2) is 48.8 Å². The molecule has 232 valence electrons. The van der Waals surface area contributed by atoms with Gasteiger partial charge in [-0.15, -0.1) is 0 Å². The Balaban J connectivity index is 0.000000186. The second-order valence-corrected chi connectivity index (χ2v) is 11.9. The van der Waals surface area contributed by atoms with E-state index in [2.05, 4.69) is 54.2 Å². The Morgan fingerprint density at radius 1 is 0.800 bits per heavy atom. The van der Waals surface area contributed by atoms with Crippen molar-refractivity contribution in [3.8, 4) is 22.5 Å². The lowest BCUT2D eigenvalue weighted by Gasteiger charge is -2.19. The number of aryl methyl sites for hydroxylation is 4. The highest BCUT2D eigenvalue weighted by Gasteiger charge is 2.18. The lowest BCUT2D eigenvalue weighted by Crippen LogP contribution is -2.25. The van der Waals surface area contributed by atoms with Crippen molar-refractivity contribution in [2.45, 2.75) is 73.3 Å². The fourth-order valence-corrected chi connectivity index (χ4v) is 5.02. The number of aromatic nitrogens is 8. The normalized spacial score (nSPS) is 11.4. The van der Waals surface area contributed by atoms with Crippen molar-refractivity contribution in [3.63, 3.8) is 0 Å². The molecule has 6 heterocycles. The van der Waals surface area contributed by atoms with Crippen LogP contribution in [0.4, 0.5) is 5.69 Å². The molecule has 0 saturated carbocycles. The van der Waals surface area contributed by atoms with E-state index < -0.39 is 5.60 Å². The summed E-state index contributed by atoms with van der Waals surface area (Å²) in [5.41, 5.74) is 15.6. The highest BCUT2D eigenvalue weighted by Crippen LogP contribution is 2.26. The third kappa shape index (κ3) is 7.14. The quantitative estimate of drug-likeness (QED) is 0.186. The Labute approximate surface area is 262 Å². The standard InChI is InChI=1S/C20H24N4O2.C14H15N5/c1-6-16-14-7-8-17(22-19(14)24-23-16)15-9-13(11-21-12(15)2)10-18(25)26-20(3,4)5;1-3-12-10-4-5-13(17-14(10)19-18-12)11-6-9(15)7-16-8(11)2/h7-9,11H,6,10H2,1-5H3,(H,22,23,24);4-7H,3,15H2,1-2H3,(H,17,18,19). The highest BCUT2D eigenvalue weighted by atomic mass is 16.6. The number of H-pyrrole nitrogens is 2. The Morgan fingerprint density at radius 3 is 1.82 bits per heavy atom. The van der Waals surface area contributed by atoms with E-state index >= 15 is 0 Å². The number of anilines is 1. The number of nitrogens with two attached hydrogens (primary N) is 1. The average molecular weight is 606 g/mol. The minimum absolute atomic E-state index is 0.183. The third-order valence-corrected chi connectivity index (χ3v) is 7.27. The van der Waals surface area contributed by atoms with E-state index in [0.29, 0.717) is 11.3 Å². The molecule has 0 aromatic carbocycles. The van der Waals surface area contributed by atoms with Crippen LogP contribution in [0.1, 0.15) is 63.0 Å². The summed E-state index contributed by atoms with van der Waals surface area (Å²) in [6, 6.07) is 11.9. The van der Waals surface area contributed by atoms with Crippen LogP contribution in [0.25, 0.3) is 44.6 Å². The smallest absolute Gasteiger partial charge is 0.310 e. The number of carbonyl (C=O) groups is 1. The molecule has 6 aromatic heterocycles. The molecule has 0 atom stereocenters. The molecule has 6 rings (SSSR count). The summed E-state index contributed by atoms with van der Waals surface area (Å²) >= 11 is 0. The second-order valence-electron chi connectivity index (χ2n) is 11.9. The summed E-state index contributed by atoms with van der Waals surface area (Å²) in [5.74, 6) is -0.266. The number of hydrogen-bond donors (Lipinski definition) is 3. The first-order valence-corrected chi connectivity index (χ1v) is 15.0. The predicted molar refractivity (Wildman–Crippen MR) is 176 cm³/mol. The number of esters is 1. The maximum atomic E-state index is 12.1. The van der Waals surface area contributed by atoms with E-state index in [1.807, 2.05) is 71.0 Å². The van der Waals surface area contributed by atoms with E-state index in [-0.39, 0.29) is 12.4 Å². The first kappa shape index (κ1) is 31.2. The minimum atomic E-state index is -0.498. The van der Waals surface area contributed by atoms with Crippen molar-refractivity contribution in [1.29, 1.82) is 0 Å². The van der Waals surface area contributed by atoms with Crippen molar-refractivity contribution in [1.82, 2.24) is 40.3 Å². The molecular weight excluding hydrogens is 566 g/mol. The van der Waals surface area contributed by atoms with Gasteiger partial charge in [-0.1, -0.05) is 13.8 Å². The van der Waals surface area contributed by atoms with Crippen LogP contribution in [-0.4, -0.2) is 51.9 Å². The van der Waals surface area contributed by atoms with Gasteiger partial charge in [-0.3, -0.25) is 25.0 Å². The number of fused-ring (bicyclic) bond motifs is 2. The van der Waals surface area contributed by atoms with Crippen LogP contribution >= 0.6 is 0 Å². The van der Waals surface area contributed by atoms with Gasteiger partial charge in [0.2, 0.25) is 0 Å². The average Bonchev–Trinajstić information content (AvgIpc) is 3.61. The lowest BCUT2D eigenvalue weighted by atomic mass is 10.0. The molecule has 0 saturated heterocycles. The Morgan fingerprint density at radius 2 is 1.31 bits per heavy atom. The Kier molecular flexibility index (Phi) is 8.89. The van der Waals surface area contributed by atoms with Crippen molar-refractivity contribution < 1.29 is 9.53 Å². The third-order valence-electron chi connectivity index (χ3n) is 7.27. The maximum absolute atomic E-state index is 12.1. The van der Waals surface area contributed by atoms with Crippen LogP contribution in [-0.2, 0) is 28.8 Å². The predicted octanol–water partition coefficient (Wildman–Crippen LogP) is 6.25. The van der Waals surface area contributed by atoms with Gasteiger partial charge in [0.25, 0.3) is 0 Å². The summed E-state index contributed by atoms with van der Waals surface area (Å²) in [7, 11) is 0. The highest BCUT2D eigenvalue weighted by molar-refractivity contribution is 5.82. The van der Waals surface area contributed by atoms with Crippen molar-refractivity contribution in [2.24, 2.45) is 0 Å². The molecular formula is C34H39N9O2. The molecule has 0 aliphatic carbocycles. The van der Waals surface area contributed by atoms with Crippen LogP contribution in [0, 0.1) is 13.8 Å². The molecule has 45 heavy (non-hydrogen) atoms. The topological polar surface area (TPSA) is 161 Å². The number of hydrogen-bond acceptors (Lipinski definition) is 9. The summed E-state index contributed by atoms with van der Waals surface area (Å²) in [6.45, 7) is 13.6. The second kappa shape index (κ2) is 12.8. The molecule has 0 spiro atoms. The summed E-state index contributed by atoms with van der Waals surface area (Å²) < 4.78 is 5.39. The van der Waals surface area contributed by atoms with Crippen LogP contribution in [0.5, 0.6) is 0 Å². The molecule has 0 fully saturated rings. The zero-order chi connectivity index (χ0) is 32.3. The molecule has 6 aromatic rings. The summed E-state index contributed by atoms with van der Waals surface area (Å²) in [6.07, 6.45) is 5.34. The van der Waals surface area contributed by atoms with E-state index in [9.17, 15) is 4.79 Å². The molecule has 11 nitrogen and oxygen atoms in total. The first-order valence-electron chi connectivity index (χ1n) is 15.0. The fraction of sp³-hybridized carbons (Fsp3) is 0.324. The minimum Gasteiger partial charge on any atom is -0.460 e. The fourth-order valence-electron chi connectivity index (χ4n) is 5.02. The number of carbonyl (C=O) groups excluding carboxylic acids is 1. The number of pyridine rings is 4. The first-order chi connectivity index (χ1) is 21.5. The van der Waals surface area contributed by atoms with Gasteiger partial charge in [-0.2, -0.15) is 10.2 Å². The van der Waals surface area contributed by atoms with Gasteiger partial charge in [-0.05, 0) is 89.4 Å². The maximum Gasteiger partial charge on any atom is 0.310 e. The number of nitrogens with zero attached hydrogens (tertiary/aromatic N) is 6. The van der Waals surface area contributed by atoms with Crippen LogP contribution in [0.3, 0.4) is 0 Å². The van der Waals surface area contributed by atoms with Crippen LogP contribution in [0.2, 0.25) is 0 Å². The molecule has 11 heteroatoms. The van der Waals surface area contributed by atoms with Gasteiger partial charge in [0.05, 0.1) is 29.7 Å². The van der Waals surface area contributed by atoms with Crippen molar-refractivity contribution in [2.75, 3.05) is 5.73 Å². The monoisotopic (exact) mass is 605 g/mol. The lowest BCUT2D eigenvalue weighted by molar-refractivity contribution is -0.153. The zero-order valence-corrected chi connectivity index (χ0v) is 26.8. The largest absolute Gasteiger partial charge is 0.460 e. The molecule has 0 aliphatic rings. The van der Waals surface area contributed by atoms with Gasteiger partial charge in [-0.25, -0.2) is 9.97 Å². The molecule has 4 N–H and O–H groups in total. The number of nitrogens with one attached hydrogen (secondary N) is 2. The van der Waals surface area contributed by atoms with E-state index in [1.54, 1.807) is 12.4 Å². The molecule has 0 aliphatic heterocycles. The Hall–Kier alpha value is -5.19. The van der Waals surface area contributed by atoms with Gasteiger partial charge in [0.1, 0.15) is 5.60 Å². The molecule has 0 amide bonds. The van der Waals surface area contributed by atoms with Crippen LogP contribution < -0.4 is 5.73 Å². The molecule has 0 unspecified atom stereocenters. The molecule has 0 radical (unpaired) electrons. The summed E-state index contributed by atoms with van der Waals surface area (Å²) in [4.78, 5) is 30.0. The van der Waals surface area contributed by atoms with Gasteiger partial charge >= 0.3 is 5.97 Å². The number of rotatable bonds is 6. The van der Waals surface area contributed by atoms with Crippen molar-refractivity contribution >= 4 is 33.7 Å². The Bertz CT molecular complexity index is 1990. The van der Waals surface area contributed by atoms with Gasteiger partial charge < -0.3 is 10.5 Å². The number of nitrogen functional groups attached to an aromatic ring is 1. The molecule has 0 bridgehead atoms. The van der Waals surface area contributed by atoms with Crippen molar-refractivity contribution in [3.05, 3.63) is 77.1 Å². The van der Waals surface area contributed by atoms with Gasteiger partial charge in [0.15, 0.2) is 11.3 Å². The zero-order valence-electron chi connectivity index (χ0n) is 26.8. The summed E-state index contributed by atoms with van der Waals surface area (Å²) in [5, 5.41) is 16.7. The number of ether oxygens (including phenoxy) is 1. The van der Waals surface area contributed by atoms with Gasteiger partial charge in [0, 0.05) is 50.9 Å². The van der Waals surface area contributed by atoms with E-state index in [1.165, 1.54) is 0 Å².